The van der Waals surface area contributed by atoms with Crippen molar-refractivity contribution < 1.29 is 13.9 Å². The number of carbonyl (C=O) groups excluding carboxylic acids is 1. The number of benzene rings is 2. The Morgan fingerprint density at radius 2 is 1.91 bits per heavy atom. The van der Waals surface area contributed by atoms with Crippen molar-refractivity contribution in [1.29, 1.82) is 0 Å². The summed E-state index contributed by atoms with van der Waals surface area (Å²) in [7, 11) is 0. The van der Waals surface area contributed by atoms with Crippen LogP contribution in [0.4, 0.5) is 15.2 Å². The van der Waals surface area contributed by atoms with E-state index in [0.29, 0.717) is 27.4 Å². The number of esters is 1. The van der Waals surface area contributed by atoms with Crippen molar-refractivity contribution in [3.8, 4) is 10.4 Å². The second kappa shape index (κ2) is 10.9. The van der Waals surface area contributed by atoms with E-state index in [1.54, 1.807) is 36.0 Å². The Hall–Kier alpha value is -3.08. The zero-order valence-corrected chi connectivity index (χ0v) is 21.3. The number of halogens is 2. The maximum Gasteiger partial charge on any atom is 0.341 e. The van der Waals surface area contributed by atoms with Crippen molar-refractivity contribution in [2.75, 3.05) is 17.2 Å². The van der Waals surface area contributed by atoms with Gasteiger partial charge in [0.05, 0.1) is 23.2 Å². The third kappa shape index (κ3) is 5.88. The zero-order chi connectivity index (χ0) is 24.1. The van der Waals surface area contributed by atoms with E-state index in [1.807, 2.05) is 30.3 Å². The summed E-state index contributed by atoms with van der Waals surface area (Å²) < 4.78 is 20.8. The van der Waals surface area contributed by atoms with Crippen molar-refractivity contribution >= 4 is 61.4 Å². The third-order valence-electron chi connectivity index (χ3n) is 4.72. The zero-order valence-electron chi connectivity index (χ0n) is 18.0. The molecule has 0 saturated carbocycles. The SMILES string of the molecule is CCOC(=O)c1cc(-c2ccccc2)sc1NC(=S)Nc1nn(Cc2ccc(F)cc2)cc1Br. The van der Waals surface area contributed by atoms with Gasteiger partial charge >= 0.3 is 5.97 Å². The molecule has 0 spiro atoms. The van der Waals surface area contributed by atoms with E-state index in [-0.39, 0.29) is 17.5 Å². The van der Waals surface area contributed by atoms with E-state index >= 15 is 0 Å². The van der Waals surface area contributed by atoms with Gasteiger partial charge in [0.2, 0.25) is 0 Å². The Kier molecular flexibility index (Phi) is 7.71. The molecular weight excluding hydrogens is 539 g/mol. The fourth-order valence-electron chi connectivity index (χ4n) is 3.17. The van der Waals surface area contributed by atoms with E-state index in [1.165, 1.54) is 23.5 Å². The van der Waals surface area contributed by atoms with Gasteiger partial charge in [0.1, 0.15) is 10.8 Å². The van der Waals surface area contributed by atoms with Gasteiger partial charge in [0, 0.05) is 11.1 Å². The monoisotopic (exact) mass is 558 g/mol. The van der Waals surface area contributed by atoms with Crippen LogP contribution in [0.5, 0.6) is 0 Å². The molecule has 2 heterocycles. The molecule has 0 bridgehead atoms. The molecular formula is C24H20BrFN4O2S2. The number of hydrogen-bond acceptors (Lipinski definition) is 5. The lowest BCUT2D eigenvalue weighted by molar-refractivity contribution is 0.0528. The number of carbonyl (C=O) groups is 1. The molecule has 0 amide bonds. The molecule has 2 N–H and O–H groups in total. The molecule has 10 heteroatoms. The predicted molar refractivity (Wildman–Crippen MR) is 141 cm³/mol. The van der Waals surface area contributed by atoms with Crippen LogP contribution in [0, 0.1) is 5.82 Å². The number of hydrogen-bond donors (Lipinski definition) is 2. The van der Waals surface area contributed by atoms with Gasteiger partial charge in [-0.1, -0.05) is 42.5 Å². The van der Waals surface area contributed by atoms with Crippen LogP contribution in [0.3, 0.4) is 0 Å². The van der Waals surface area contributed by atoms with Gasteiger partial charge in [0.25, 0.3) is 0 Å². The Balaban J connectivity index is 1.50. The molecule has 4 aromatic rings. The molecule has 0 fully saturated rings. The molecule has 34 heavy (non-hydrogen) atoms. The lowest BCUT2D eigenvalue weighted by Gasteiger charge is -2.09. The highest BCUT2D eigenvalue weighted by atomic mass is 79.9. The Bertz CT molecular complexity index is 1310. The summed E-state index contributed by atoms with van der Waals surface area (Å²) in [6, 6.07) is 17.8. The molecule has 2 aromatic heterocycles. The molecule has 4 rings (SSSR count). The number of aromatic nitrogens is 2. The summed E-state index contributed by atoms with van der Waals surface area (Å²) in [4.78, 5) is 13.5. The van der Waals surface area contributed by atoms with Gasteiger partial charge in [0.15, 0.2) is 10.9 Å². The van der Waals surface area contributed by atoms with E-state index < -0.39 is 5.97 Å². The van der Waals surface area contributed by atoms with E-state index in [0.717, 1.165) is 16.0 Å². The van der Waals surface area contributed by atoms with Gasteiger partial charge in [-0.25, -0.2) is 9.18 Å². The first kappa shape index (κ1) is 24.1. The summed E-state index contributed by atoms with van der Waals surface area (Å²) in [6.45, 7) is 2.51. The number of nitrogens with one attached hydrogen (secondary N) is 2. The first-order chi connectivity index (χ1) is 16.4. The fraction of sp³-hybridized carbons (Fsp3) is 0.125. The third-order valence-corrected chi connectivity index (χ3v) is 6.60. The topological polar surface area (TPSA) is 68.2 Å². The molecule has 0 saturated heterocycles. The van der Waals surface area contributed by atoms with Crippen molar-refractivity contribution in [2.45, 2.75) is 13.5 Å². The molecule has 0 aliphatic carbocycles. The largest absolute Gasteiger partial charge is 0.462 e. The number of ether oxygens (including phenoxy) is 1. The predicted octanol–water partition coefficient (Wildman–Crippen LogP) is 6.55. The highest BCUT2D eigenvalue weighted by Crippen LogP contribution is 2.36. The maximum atomic E-state index is 13.1. The lowest BCUT2D eigenvalue weighted by Crippen LogP contribution is -2.20. The van der Waals surface area contributed by atoms with Gasteiger partial charge in [-0.2, -0.15) is 5.10 Å². The number of anilines is 2. The highest BCUT2D eigenvalue weighted by molar-refractivity contribution is 9.10. The molecule has 0 aliphatic rings. The molecule has 0 aliphatic heterocycles. The second-order valence-corrected chi connectivity index (χ2v) is 9.48. The highest BCUT2D eigenvalue weighted by Gasteiger charge is 2.19. The number of thiophene rings is 1. The first-order valence-corrected chi connectivity index (χ1v) is 12.4. The smallest absolute Gasteiger partial charge is 0.341 e. The van der Waals surface area contributed by atoms with Crippen LogP contribution in [-0.2, 0) is 11.3 Å². The quantitative estimate of drug-likeness (QED) is 0.198. The van der Waals surface area contributed by atoms with Gasteiger partial charge in [-0.15, -0.1) is 11.3 Å². The van der Waals surface area contributed by atoms with E-state index in [4.69, 9.17) is 17.0 Å². The summed E-state index contributed by atoms with van der Waals surface area (Å²) in [5.41, 5.74) is 2.32. The van der Waals surface area contributed by atoms with Gasteiger partial charge in [-0.05, 0) is 64.4 Å². The summed E-state index contributed by atoms with van der Waals surface area (Å²) in [6.07, 6.45) is 1.80. The minimum atomic E-state index is -0.420. The maximum absolute atomic E-state index is 13.1. The Morgan fingerprint density at radius 1 is 1.18 bits per heavy atom. The van der Waals surface area contributed by atoms with Crippen LogP contribution < -0.4 is 10.6 Å². The van der Waals surface area contributed by atoms with Crippen LogP contribution >= 0.6 is 39.5 Å². The number of thiocarbonyl (C=S) groups is 1. The van der Waals surface area contributed by atoms with Crippen molar-refractivity contribution in [3.63, 3.8) is 0 Å². The van der Waals surface area contributed by atoms with Crippen molar-refractivity contribution in [1.82, 2.24) is 9.78 Å². The first-order valence-electron chi connectivity index (χ1n) is 10.3. The number of nitrogens with zero attached hydrogens (tertiary/aromatic N) is 2. The number of rotatable bonds is 7. The van der Waals surface area contributed by atoms with Crippen LogP contribution in [-0.4, -0.2) is 27.5 Å². The minimum absolute atomic E-state index is 0.274. The molecule has 174 valence electrons. The van der Waals surface area contributed by atoms with Crippen LogP contribution in [0.2, 0.25) is 0 Å². The molecule has 2 aromatic carbocycles. The van der Waals surface area contributed by atoms with Crippen LogP contribution in [0.1, 0.15) is 22.8 Å². The normalized spacial score (nSPS) is 10.7. The standard InChI is InChI=1S/C24H20BrFN4O2S2/c1-2-32-23(31)18-12-20(16-6-4-3-5-7-16)34-22(18)28-24(33)27-21-19(25)14-30(29-21)13-15-8-10-17(26)11-9-15/h3-12,14H,2,13H2,1H3,(H2,27,28,29,33). The molecule has 0 unspecified atom stereocenters. The second-order valence-electron chi connectivity index (χ2n) is 7.17. The summed E-state index contributed by atoms with van der Waals surface area (Å²) in [5, 5.41) is 11.5. The average Bonchev–Trinajstić information content (AvgIpc) is 3.39. The average molecular weight is 559 g/mol. The van der Waals surface area contributed by atoms with Crippen LogP contribution in [0.15, 0.2) is 71.3 Å². The lowest BCUT2D eigenvalue weighted by atomic mass is 10.1. The summed E-state index contributed by atoms with van der Waals surface area (Å²) in [5.74, 6) is -0.191. The summed E-state index contributed by atoms with van der Waals surface area (Å²) >= 11 is 10.4. The van der Waals surface area contributed by atoms with Gasteiger partial charge < -0.3 is 15.4 Å². The molecule has 6 nitrogen and oxygen atoms in total. The van der Waals surface area contributed by atoms with Crippen molar-refractivity contribution in [2.24, 2.45) is 0 Å². The Morgan fingerprint density at radius 3 is 2.62 bits per heavy atom. The fourth-order valence-corrected chi connectivity index (χ4v) is 4.90. The minimum Gasteiger partial charge on any atom is -0.462 e. The van der Waals surface area contributed by atoms with Crippen LogP contribution in [0.25, 0.3) is 10.4 Å². The van der Waals surface area contributed by atoms with E-state index in [9.17, 15) is 9.18 Å². The Labute approximate surface area is 213 Å². The van der Waals surface area contributed by atoms with Crippen molar-refractivity contribution in [3.05, 3.63) is 88.3 Å². The van der Waals surface area contributed by atoms with E-state index in [2.05, 4.69) is 31.7 Å². The van der Waals surface area contributed by atoms with Gasteiger partial charge in [-0.3, -0.25) is 4.68 Å². The molecule has 0 radical (unpaired) electrons. The molecule has 0 atom stereocenters.